The Morgan fingerprint density at radius 2 is 2.20 bits per heavy atom. The molecule has 2 atom stereocenters. The minimum Gasteiger partial charge on any atom is -0.300 e. The summed E-state index contributed by atoms with van der Waals surface area (Å²) < 4.78 is 0. The molecule has 1 unspecified atom stereocenters. The van der Waals surface area contributed by atoms with E-state index in [1.807, 2.05) is 0 Å². The lowest BCUT2D eigenvalue weighted by Gasteiger charge is -2.28. The van der Waals surface area contributed by atoms with Crippen LogP contribution in [0.3, 0.4) is 0 Å². The van der Waals surface area contributed by atoms with Gasteiger partial charge in [-0.25, -0.2) is 0 Å². The Balaban J connectivity index is 1.97. The zero-order valence-electron chi connectivity index (χ0n) is 6.84. The Morgan fingerprint density at radius 1 is 1.30 bits per heavy atom. The van der Waals surface area contributed by atoms with Gasteiger partial charge >= 0.3 is 0 Å². The van der Waals surface area contributed by atoms with Crippen LogP contribution in [0.2, 0.25) is 0 Å². The van der Waals surface area contributed by atoms with Gasteiger partial charge in [0.25, 0.3) is 0 Å². The highest BCUT2D eigenvalue weighted by Gasteiger charge is 2.30. The van der Waals surface area contributed by atoms with Gasteiger partial charge in [0.05, 0.1) is 0 Å². The van der Waals surface area contributed by atoms with Crippen molar-refractivity contribution in [2.75, 3.05) is 13.1 Å². The Bertz CT molecular complexity index is 108. The Labute approximate surface area is 63.4 Å². The third-order valence-corrected chi connectivity index (χ3v) is 2.97. The van der Waals surface area contributed by atoms with E-state index in [1.165, 1.54) is 38.8 Å². The first-order chi connectivity index (χ1) is 4.86. The summed E-state index contributed by atoms with van der Waals surface area (Å²) in [5.74, 6) is 0.975. The first-order valence-corrected chi connectivity index (χ1v) is 4.60. The fourth-order valence-corrected chi connectivity index (χ4v) is 2.51. The molecule has 0 aromatic rings. The summed E-state index contributed by atoms with van der Waals surface area (Å²) in [7, 11) is 0. The molecule has 0 radical (unpaired) electrons. The molecule has 1 nitrogen and oxygen atoms in total. The van der Waals surface area contributed by atoms with Gasteiger partial charge in [-0.3, -0.25) is 0 Å². The monoisotopic (exact) mass is 139 g/mol. The molecule has 2 rings (SSSR count). The topological polar surface area (TPSA) is 3.24 Å². The van der Waals surface area contributed by atoms with Crippen LogP contribution >= 0.6 is 0 Å². The molecule has 0 aromatic heterocycles. The van der Waals surface area contributed by atoms with E-state index in [-0.39, 0.29) is 0 Å². The summed E-state index contributed by atoms with van der Waals surface area (Å²) in [6.07, 6.45) is 5.88. The van der Waals surface area contributed by atoms with Crippen LogP contribution in [0.4, 0.5) is 0 Å². The summed E-state index contributed by atoms with van der Waals surface area (Å²) in [5, 5.41) is 0. The van der Waals surface area contributed by atoms with Gasteiger partial charge < -0.3 is 4.90 Å². The molecule has 0 aliphatic carbocycles. The van der Waals surface area contributed by atoms with E-state index >= 15 is 0 Å². The van der Waals surface area contributed by atoms with Gasteiger partial charge in [0.2, 0.25) is 0 Å². The van der Waals surface area contributed by atoms with Gasteiger partial charge in [0, 0.05) is 12.6 Å². The molecule has 0 spiro atoms. The minimum atomic E-state index is 0.975. The molecule has 2 saturated heterocycles. The highest BCUT2D eigenvalue weighted by Crippen LogP contribution is 2.29. The lowest BCUT2D eigenvalue weighted by molar-refractivity contribution is 0.197. The molecule has 1 heteroatoms. The Kier molecular flexibility index (Phi) is 1.69. The molecular formula is C9H17N. The van der Waals surface area contributed by atoms with Crippen molar-refractivity contribution in [2.24, 2.45) is 5.92 Å². The van der Waals surface area contributed by atoms with Gasteiger partial charge in [-0.2, -0.15) is 0 Å². The lowest BCUT2D eigenvalue weighted by atomic mass is 10.0. The number of nitrogens with zero attached hydrogens (tertiary/aromatic N) is 1. The molecule has 0 bridgehead atoms. The van der Waals surface area contributed by atoms with E-state index in [4.69, 9.17) is 0 Å². The molecule has 58 valence electrons. The van der Waals surface area contributed by atoms with Crippen LogP contribution in [0.15, 0.2) is 0 Å². The third kappa shape index (κ3) is 1.07. The van der Waals surface area contributed by atoms with Gasteiger partial charge in [-0.1, -0.05) is 13.3 Å². The molecule has 0 amide bonds. The average Bonchev–Trinajstić information content (AvgIpc) is 2.27. The first-order valence-electron chi connectivity index (χ1n) is 4.60. The van der Waals surface area contributed by atoms with E-state index in [1.54, 1.807) is 0 Å². The standard InChI is InChI=1S/C9H17N/c1-8-6-9-4-2-3-5-10(9)7-8/h8-9H,2-7H2,1H3/t8?,9-/m1/s1. The Morgan fingerprint density at radius 3 is 3.00 bits per heavy atom. The maximum absolute atomic E-state index is 2.69. The maximum atomic E-state index is 2.69. The van der Waals surface area contributed by atoms with Crippen LogP contribution in [-0.2, 0) is 0 Å². The van der Waals surface area contributed by atoms with Crippen molar-refractivity contribution < 1.29 is 0 Å². The van der Waals surface area contributed by atoms with Crippen LogP contribution in [0, 0.1) is 5.92 Å². The van der Waals surface area contributed by atoms with Crippen molar-refractivity contribution in [1.82, 2.24) is 4.90 Å². The quantitative estimate of drug-likeness (QED) is 0.495. The molecule has 2 aliphatic heterocycles. The van der Waals surface area contributed by atoms with Crippen LogP contribution in [0.5, 0.6) is 0 Å². The molecular weight excluding hydrogens is 122 g/mol. The summed E-state index contributed by atoms with van der Waals surface area (Å²) in [4.78, 5) is 2.69. The van der Waals surface area contributed by atoms with E-state index in [0.717, 1.165) is 12.0 Å². The molecule has 10 heavy (non-hydrogen) atoms. The zero-order chi connectivity index (χ0) is 6.97. The van der Waals surface area contributed by atoms with Gasteiger partial charge in [-0.05, 0) is 31.7 Å². The number of piperidine rings is 1. The summed E-state index contributed by atoms with van der Waals surface area (Å²) in [6, 6.07) is 0.976. The second-order valence-electron chi connectivity index (χ2n) is 3.99. The highest BCUT2D eigenvalue weighted by atomic mass is 15.2. The Hall–Kier alpha value is -0.0400. The van der Waals surface area contributed by atoms with Crippen molar-refractivity contribution in [1.29, 1.82) is 0 Å². The largest absolute Gasteiger partial charge is 0.300 e. The fourth-order valence-electron chi connectivity index (χ4n) is 2.51. The summed E-state index contributed by atoms with van der Waals surface area (Å²) in [5.41, 5.74) is 0. The fraction of sp³-hybridized carbons (Fsp3) is 1.00. The first kappa shape index (κ1) is 6.66. The van der Waals surface area contributed by atoms with Gasteiger partial charge in [-0.15, -0.1) is 0 Å². The predicted molar refractivity (Wildman–Crippen MR) is 43.0 cm³/mol. The normalized spacial score (nSPS) is 41.7. The van der Waals surface area contributed by atoms with Crippen molar-refractivity contribution in [3.8, 4) is 0 Å². The van der Waals surface area contributed by atoms with Crippen LogP contribution in [0.25, 0.3) is 0 Å². The van der Waals surface area contributed by atoms with Crippen LogP contribution in [0.1, 0.15) is 32.6 Å². The van der Waals surface area contributed by atoms with E-state index in [0.29, 0.717) is 0 Å². The second-order valence-corrected chi connectivity index (χ2v) is 3.99. The minimum absolute atomic E-state index is 0.975. The molecule has 2 aliphatic rings. The smallest absolute Gasteiger partial charge is 0.00983 e. The third-order valence-electron chi connectivity index (χ3n) is 2.97. The second kappa shape index (κ2) is 2.54. The number of hydrogen-bond donors (Lipinski definition) is 0. The van der Waals surface area contributed by atoms with Gasteiger partial charge in [0.1, 0.15) is 0 Å². The van der Waals surface area contributed by atoms with Crippen LogP contribution in [-0.4, -0.2) is 24.0 Å². The van der Waals surface area contributed by atoms with E-state index in [2.05, 4.69) is 11.8 Å². The van der Waals surface area contributed by atoms with Crippen molar-refractivity contribution >= 4 is 0 Å². The molecule has 0 aromatic carbocycles. The van der Waals surface area contributed by atoms with Gasteiger partial charge in [0.15, 0.2) is 0 Å². The highest BCUT2D eigenvalue weighted by molar-refractivity contribution is 4.85. The molecule has 0 N–H and O–H groups in total. The molecule has 0 saturated carbocycles. The molecule has 2 heterocycles. The average molecular weight is 139 g/mol. The molecule has 2 fully saturated rings. The predicted octanol–water partition coefficient (Wildman–Crippen LogP) is 1.88. The number of hydrogen-bond acceptors (Lipinski definition) is 1. The van der Waals surface area contributed by atoms with Crippen molar-refractivity contribution in [3.05, 3.63) is 0 Å². The van der Waals surface area contributed by atoms with E-state index < -0.39 is 0 Å². The summed E-state index contributed by atoms with van der Waals surface area (Å²) in [6.45, 7) is 5.15. The summed E-state index contributed by atoms with van der Waals surface area (Å²) >= 11 is 0. The maximum Gasteiger partial charge on any atom is 0.00983 e. The number of rotatable bonds is 0. The number of fused-ring (bicyclic) bond motifs is 1. The van der Waals surface area contributed by atoms with Crippen LogP contribution < -0.4 is 0 Å². The van der Waals surface area contributed by atoms with E-state index in [9.17, 15) is 0 Å². The lowest BCUT2D eigenvalue weighted by Crippen LogP contribution is -2.33. The SMILES string of the molecule is CC1C[C@H]2CCCCN2C1. The van der Waals surface area contributed by atoms with Crippen molar-refractivity contribution in [3.63, 3.8) is 0 Å². The van der Waals surface area contributed by atoms with Crippen molar-refractivity contribution in [2.45, 2.75) is 38.6 Å². The zero-order valence-corrected chi connectivity index (χ0v) is 6.84.